The first kappa shape index (κ1) is 18.0. The van der Waals surface area contributed by atoms with Crippen LogP contribution < -0.4 is 0 Å². The summed E-state index contributed by atoms with van der Waals surface area (Å²) < 4.78 is 24.1. The molecule has 0 aromatic carbocycles. The summed E-state index contributed by atoms with van der Waals surface area (Å²) in [5.41, 5.74) is 0. The molecule has 0 aliphatic carbocycles. The Bertz CT molecular complexity index is 293. The maximum absolute atomic E-state index is 12.6. The Morgan fingerprint density at radius 2 is 1.89 bits per heavy atom. The van der Waals surface area contributed by atoms with Gasteiger partial charge >= 0.3 is 7.60 Å². The predicted octanol–water partition coefficient (Wildman–Crippen LogP) is 5.20. The van der Waals surface area contributed by atoms with E-state index >= 15 is 0 Å². The normalized spacial score (nSPS) is 12.7. The minimum atomic E-state index is -3.12. The first-order valence-electron chi connectivity index (χ1n) is 6.48. The summed E-state index contributed by atoms with van der Waals surface area (Å²) >= 11 is 1.57. The van der Waals surface area contributed by atoms with Gasteiger partial charge < -0.3 is 9.05 Å². The van der Waals surface area contributed by atoms with E-state index in [1.54, 1.807) is 17.8 Å². The molecule has 0 unspecified atom stereocenters. The molecule has 106 valence electrons. The number of hydrogen-bond acceptors (Lipinski definition) is 4. The average Bonchev–Trinajstić information content (AvgIpc) is 2.34. The van der Waals surface area contributed by atoms with Crippen molar-refractivity contribution in [3.8, 4) is 0 Å². The Labute approximate surface area is 116 Å². The molecule has 0 aliphatic heterocycles. The van der Waals surface area contributed by atoms with Crippen molar-refractivity contribution in [2.24, 2.45) is 0 Å². The molecule has 0 saturated carbocycles. The molecular formula is C13H25O3PS. The van der Waals surface area contributed by atoms with Crippen molar-refractivity contribution in [2.45, 2.75) is 40.0 Å². The van der Waals surface area contributed by atoms with Crippen molar-refractivity contribution in [2.75, 3.05) is 19.0 Å². The van der Waals surface area contributed by atoms with Gasteiger partial charge in [-0.2, -0.15) is 0 Å². The van der Waals surface area contributed by atoms with Gasteiger partial charge in [-0.1, -0.05) is 25.5 Å². The summed E-state index contributed by atoms with van der Waals surface area (Å²) in [6.07, 6.45) is 6.57. The van der Waals surface area contributed by atoms with Crippen LogP contribution in [0.25, 0.3) is 0 Å². The van der Waals surface area contributed by atoms with Gasteiger partial charge in [0.1, 0.15) is 0 Å². The van der Waals surface area contributed by atoms with Crippen LogP contribution >= 0.6 is 19.4 Å². The average molecular weight is 292 g/mol. The lowest BCUT2D eigenvalue weighted by Gasteiger charge is -2.19. The van der Waals surface area contributed by atoms with E-state index in [2.05, 4.69) is 13.5 Å². The highest BCUT2D eigenvalue weighted by Crippen LogP contribution is 2.60. The number of hydrogen-bond donors (Lipinski definition) is 0. The van der Waals surface area contributed by atoms with Gasteiger partial charge in [0.05, 0.1) is 17.9 Å². The third-order valence-corrected chi connectivity index (χ3v) is 6.01. The van der Waals surface area contributed by atoms with Crippen molar-refractivity contribution in [3.63, 3.8) is 0 Å². The van der Waals surface area contributed by atoms with E-state index in [1.807, 2.05) is 19.9 Å². The fourth-order valence-electron chi connectivity index (χ4n) is 1.26. The van der Waals surface area contributed by atoms with Gasteiger partial charge in [0.15, 0.2) is 0 Å². The topological polar surface area (TPSA) is 35.5 Å². The molecule has 3 nitrogen and oxygen atoms in total. The lowest BCUT2D eigenvalue weighted by Crippen LogP contribution is -1.98. The molecule has 0 aromatic heterocycles. The minimum absolute atomic E-state index is 0.386. The number of unbranched alkanes of at least 4 members (excludes halogenated alkanes) is 1. The van der Waals surface area contributed by atoms with Crippen molar-refractivity contribution < 1.29 is 13.6 Å². The zero-order chi connectivity index (χ0) is 13.9. The van der Waals surface area contributed by atoms with Crippen LogP contribution in [-0.2, 0) is 13.6 Å². The second-order valence-electron chi connectivity index (χ2n) is 3.60. The third-order valence-electron chi connectivity index (χ3n) is 2.08. The highest BCUT2D eigenvalue weighted by Gasteiger charge is 2.29. The number of allylic oxidation sites excluding steroid dienone is 2. The SMILES string of the molecule is C=CC/C=C(\SCCCC)P(=O)(OCC)OCC. The van der Waals surface area contributed by atoms with Gasteiger partial charge in [-0.3, -0.25) is 4.57 Å². The standard InChI is InChI=1S/C13H25O3PS/c1-5-9-11-13(18-12-10-6-2)17(14,15-7-3)16-8-4/h5,11H,1,6-10,12H2,2-4H3/b13-11-. The summed E-state index contributed by atoms with van der Waals surface area (Å²) in [6.45, 7) is 10.2. The molecule has 0 saturated heterocycles. The summed E-state index contributed by atoms with van der Waals surface area (Å²) in [6, 6.07) is 0. The highest BCUT2D eigenvalue weighted by molar-refractivity contribution is 8.10. The fraction of sp³-hybridized carbons (Fsp3) is 0.692. The van der Waals surface area contributed by atoms with E-state index in [9.17, 15) is 4.57 Å². The molecule has 0 rings (SSSR count). The molecule has 0 aromatic rings. The van der Waals surface area contributed by atoms with Gasteiger partial charge in [0, 0.05) is 0 Å². The van der Waals surface area contributed by atoms with E-state index in [-0.39, 0.29) is 0 Å². The van der Waals surface area contributed by atoms with Crippen LogP contribution in [0.1, 0.15) is 40.0 Å². The van der Waals surface area contributed by atoms with Gasteiger partial charge in [-0.25, -0.2) is 0 Å². The molecule has 0 amide bonds. The van der Waals surface area contributed by atoms with Crippen LogP contribution in [0.3, 0.4) is 0 Å². The predicted molar refractivity (Wildman–Crippen MR) is 81.1 cm³/mol. The first-order chi connectivity index (χ1) is 8.64. The lowest BCUT2D eigenvalue weighted by atomic mass is 10.4. The first-order valence-corrected chi connectivity index (χ1v) is 9.00. The maximum Gasteiger partial charge on any atom is 0.367 e. The van der Waals surface area contributed by atoms with Crippen molar-refractivity contribution in [1.29, 1.82) is 0 Å². The van der Waals surface area contributed by atoms with E-state index in [1.165, 1.54) is 0 Å². The molecule has 0 radical (unpaired) electrons. The number of rotatable bonds is 11. The van der Waals surface area contributed by atoms with Crippen LogP contribution in [0.5, 0.6) is 0 Å². The second kappa shape index (κ2) is 10.9. The Balaban J connectivity index is 4.85. The van der Waals surface area contributed by atoms with Gasteiger partial charge in [-0.15, -0.1) is 18.3 Å². The summed E-state index contributed by atoms with van der Waals surface area (Å²) in [4.78, 5) is 0. The van der Waals surface area contributed by atoms with Gasteiger partial charge in [-0.05, 0) is 32.4 Å². The Hall–Kier alpha value is -0.0200. The van der Waals surface area contributed by atoms with Crippen molar-refractivity contribution in [1.82, 2.24) is 0 Å². The van der Waals surface area contributed by atoms with Crippen molar-refractivity contribution in [3.05, 3.63) is 23.4 Å². The minimum Gasteiger partial charge on any atom is -0.305 e. The third kappa shape index (κ3) is 6.79. The molecule has 5 heteroatoms. The van der Waals surface area contributed by atoms with Gasteiger partial charge in [0.25, 0.3) is 0 Å². The molecular weight excluding hydrogens is 267 g/mol. The quantitative estimate of drug-likeness (QED) is 0.298. The Morgan fingerprint density at radius 3 is 2.33 bits per heavy atom. The molecule has 18 heavy (non-hydrogen) atoms. The number of thioether (sulfide) groups is 1. The highest BCUT2D eigenvalue weighted by atomic mass is 32.2. The van der Waals surface area contributed by atoms with Crippen LogP contribution in [0, 0.1) is 0 Å². The van der Waals surface area contributed by atoms with Crippen LogP contribution in [0.4, 0.5) is 0 Å². The van der Waals surface area contributed by atoms with E-state index in [0.29, 0.717) is 19.6 Å². The monoisotopic (exact) mass is 292 g/mol. The van der Waals surface area contributed by atoms with E-state index < -0.39 is 7.60 Å². The zero-order valence-electron chi connectivity index (χ0n) is 11.7. The molecule has 0 aliphatic rings. The molecule has 0 atom stereocenters. The van der Waals surface area contributed by atoms with Crippen molar-refractivity contribution >= 4 is 19.4 Å². The molecule has 0 heterocycles. The fourth-order valence-corrected chi connectivity index (χ4v) is 4.68. The van der Waals surface area contributed by atoms with E-state index in [0.717, 1.165) is 23.2 Å². The molecule has 0 fully saturated rings. The maximum atomic E-state index is 12.6. The van der Waals surface area contributed by atoms with Crippen LogP contribution in [0.15, 0.2) is 23.4 Å². The summed E-state index contributed by atoms with van der Waals surface area (Å²) in [5.74, 6) is 0.934. The second-order valence-corrected chi connectivity index (χ2v) is 7.03. The Morgan fingerprint density at radius 1 is 1.28 bits per heavy atom. The van der Waals surface area contributed by atoms with Crippen LogP contribution in [0.2, 0.25) is 0 Å². The zero-order valence-corrected chi connectivity index (χ0v) is 13.4. The summed E-state index contributed by atoms with van der Waals surface area (Å²) in [5, 5.41) is 0. The largest absolute Gasteiger partial charge is 0.367 e. The molecule has 0 N–H and O–H groups in total. The molecule has 0 bridgehead atoms. The smallest absolute Gasteiger partial charge is 0.305 e. The van der Waals surface area contributed by atoms with Gasteiger partial charge in [0.2, 0.25) is 0 Å². The summed E-state index contributed by atoms with van der Waals surface area (Å²) in [7, 11) is -3.12. The molecule has 0 spiro atoms. The Kier molecular flexibility index (Phi) is 10.8. The van der Waals surface area contributed by atoms with Crippen LogP contribution in [-0.4, -0.2) is 19.0 Å². The lowest BCUT2D eigenvalue weighted by molar-refractivity contribution is 0.228. The van der Waals surface area contributed by atoms with E-state index in [4.69, 9.17) is 9.05 Å².